The minimum Gasteiger partial charge on any atom is -0.355 e. The van der Waals surface area contributed by atoms with Gasteiger partial charge in [0.1, 0.15) is 0 Å². The van der Waals surface area contributed by atoms with Gasteiger partial charge < -0.3 is 10.2 Å². The Morgan fingerprint density at radius 2 is 2.19 bits per heavy atom. The van der Waals surface area contributed by atoms with Gasteiger partial charge in [-0.1, -0.05) is 6.07 Å². The molecule has 21 heavy (non-hydrogen) atoms. The first-order valence-electron chi connectivity index (χ1n) is 7.30. The van der Waals surface area contributed by atoms with Crippen molar-refractivity contribution in [2.75, 3.05) is 24.5 Å². The number of hydrogen-bond donors (Lipinski definition) is 1. The summed E-state index contributed by atoms with van der Waals surface area (Å²) < 4.78 is 0. The van der Waals surface area contributed by atoms with Crippen molar-refractivity contribution in [2.45, 2.75) is 25.7 Å². The Labute approximate surface area is 132 Å². The van der Waals surface area contributed by atoms with Crippen LogP contribution in [0.2, 0.25) is 0 Å². The van der Waals surface area contributed by atoms with E-state index in [9.17, 15) is 4.79 Å². The van der Waals surface area contributed by atoms with Crippen molar-refractivity contribution in [1.29, 1.82) is 0 Å². The van der Waals surface area contributed by atoms with Crippen LogP contribution in [0.3, 0.4) is 0 Å². The van der Waals surface area contributed by atoms with E-state index in [-0.39, 0.29) is 5.91 Å². The van der Waals surface area contributed by atoms with Crippen molar-refractivity contribution in [3.8, 4) is 0 Å². The van der Waals surface area contributed by atoms with Gasteiger partial charge in [0.2, 0.25) is 5.91 Å². The number of nitrogens with one attached hydrogen (secondary N) is 1. The van der Waals surface area contributed by atoms with Crippen LogP contribution < -0.4 is 10.2 Å². The Bertz CT molecular complexity index is 574. The highest BCUT2D eigenvalue weighted by Gasteiger charge is 2.15. The molecule has 1 aliphatic heterocycles. The fourth-order valence-electron chi connectivity index (χ4n) is 2.43. The molecule has 0 unspecified atom stereocenters. The second kappa shape index (κ2) is 7.04. The number of thiazole rings is 1. The second-order valence-electron chi connectivity index (χ2n) is 5.17. The molecule has 1 saturated heterocycles. The number of rotatable bonds is 6. The fourth-order valence-corrected chi connectivity index (χ4v) is 4.05. The summed E-state index contributed by atoms with van der Waals surface area (Å²) in [6.07, 6.45) is 3.83. The number of anilines is 1. The Balaban J connectivity index is 1.41. The Morgan fingerprint density at radius 1 is 1.33 bits per heavy atom. The molecule has 0 aliphatic carbocycles. The molecular weight excluding hydrogens is 302 g/mol. The molecule has 2 aromatic heterocycles. The van der Waals surface area contributed by atoms with E-state index in [1.807, 2.05) is 17.5 Å². The molecule has 0 spiro atoms. The first-order chi connectivity index (χ1) is 10.3. The molecule has 0 aromatic carbocycles. The SMILES string of the molecule is O=C(Cc1cccs1)NCCc1csc(N2CCCC2)n1. The molecule has 3 heterocycles. The van der Waals surface area contributed by atoms with Gasteiger partial charge in [0.15, 0.2) is 5.13 Å². The highest BCUT2D eigenvalue weighted by Crippen LogP contribution is 2.24. The van der Waals surface area contributed by atoms with Crippen molar-refractivity contribution >= 4 is 33.7 Å². The summed E-state index contributed by atoms with van der Waals surface area (Å²) in [4.78, 5) is 19.9. The van der Waals surface area contributed by atoms with Crippen LogP contribution in [0.1, 0.15) is 23.4 Å². The average Bonchev–Trinajstić information content (AvgIpc) is 3.21. The number of amides is 1. The summed E-state index contributed by atoms with van der Waals surface area (Å²) >= 11 is 3.33. The van der Waals surface area contributed by atoms with Crippen LogP contribution in [0.15, 0.2) is 22.9 Å². The van der Waals surface area contributed by atoms with E-state index in [1.165, 1.54) is 12.8 Å². The summed E-state index contributed by atoms with van der Waals surface area (Å²) in [5, 5.41) is 8.21. The van der Waals surface area contributed by atoms with E-state index < -0.39 is 0 Å². The molecule has 1 N–H and O–H groups in total. The van der Waals surface area contributed by atoms with Crippen molar-refractivity contribution in [3.63, 3.8) is 0 Å². The smallest absolute Gasteiger partial charge is 0.225 e. The van der Waals surface area contributed by atoms with Gasteiger partial charge in [0.05, 0.1) is 12.1 Å². The van der Waals surface area contributed by atoms with E-state index in [1.54, 1.807) is 22.7 Å². The first kappa shape index (κ1) is 14.5. The van der Waals surface area contributed by atoms with E-state index in [0.29, 0.717) is 13.0 Å². The van der Waals surface area contributed by atoms with E-state index in [2.05, 4.69) is 20.6 Å². The van der Waals surface area contributed by atoms with Crippen molar-refractivity contribution in [1.82, 2.24) is 10.3 Å². The van der Waals surface area contributed by atoms with Crippen LogP contribution in [0.4, 0.5) is 5.13 Å². The molecule has 1 fully saturated rings. The predicted octanol–water partition coefficient (Wildman–Crippen LogP) is 2.71. The van der Waals surface area contributed by atoms with Crippen LogP contribution >= 0.6 is 22.7 Å². The predicted molar refractivity (Wildman–Crippen MR) is 88.3 cm³/mol. The standard InChI is InChI=1S/C15H19N3OS2/c19-14(10-13-4-3-9-20-13)16-6-5-12-11-21-15(17-12)18-7-1-2-8-18/h3-4,9,11H,1-2,5-8,10H2,(H,16,19). The van der Waals surface area contributed by atoms with Gasteiger partial charge in [-0.2, -0.15) is 0 Å². The number of thiophene rings is 1. The maximum absolute atomic E-state index is 11.8. The van der Waals surface area contributed by atoms with Gasteiger partial charge in [-0.3, -0.25) is 4.79 Å². The highest BCUT2D eigenvalue weighted by atomic mass is 32.1. The molecule has 1 amide bonds. The highest BCUT2D eigenvalue weighted by molar-refractivity contribution is 7.13. The number of hydrogen-bond acceptors (Lipinski definition) is 5. The zero-order chi connectivity index (χ0) is 14.5. The van der Waals surface area contributed by atoms with E-state index in [0.717, 1.165) is 35.2 Å². The molecule has 0 radical (unpaired) electrons. The summed E-state index contributed by atoms with van der Waals surface area (Å²) in [6, 6.07) is 3.97. The fraction of sp³-hybridized carbons (Fsp3) is 0.467. The molecule has 1 aliphatic rings. The summed E-state index contributed by atoms with van der Waals surface area (Å²) in [5.41, 5.74) is 1.08. The van der Waals surface area contributed by atoms with Crippen molar-refractivity contribution < 1.29 is 4.79 Å². The third-order valence-corrected chi connectivity index (χ3v) is 5.36. The largest absolute Gasteiger partial charge is 0.355 e. The third-order valence-electron chi connectivity index (χ3n) is 3.53. The zero-order valence-electron chi connectivity index (χ0n) is 11.9. The summed E-state index contributed by atoms with van der Waals surface area (Å²) in [6.45, 7) is 2.92. The number of nitrogens with zero attached hydrogens (tertiary/aromatic N) is 2. The van der Waals surface area contributed by atoms with Crippen LogP contribution in [0, 0.1) is 0 Å². The molecule has 112 valence electrons. The Kier molecular flexibility index (Phi) is 4.87. The van der Waals surface area contributed by atoms with Gasteiger partial charge in [0, 0.05) is 36.3 Å². The molecule has 0 atom stereocenters. The zero-order valence-corrected chi connectivity index (χ0v) is 13.5. The van der Waals surface area contributed by atoms with Crippen LogP contribution in [-0.4, -0.2) is 30.5 Å². The summed E-state index contributed by atoms with van der Waals surface area (Å²) in [7, 11) is 0. The third kappa shape index (κ3) is 4.04. The minimum absolute atomic E-state index is 0.0902. The second-order valence-corrected chi connectivity index (χ2v) is 7.04. The van der Waals surface area contributed by atoms with Crippen LogP contribution in [0.5, 0.6) is 0 Å². The molecular formula is C15H19N3OS2. The molecule has 0 bridgehead atoms. The molecule has 0 saturated carbocycles. The van der Waals surface area contributed by atoms with Crippen molar-refractivity contribution in [2.24, 2.45) is 0 Å². The lowest BCUT2D eigenvalue weighted by Gasteiger charge is -2.12. The number of aromatic nitrogens is 1. The first-order valence-corrected chi connectivity index (χ1v) is 9.05. The quantitative estimate of drug-likeness (QED) is 0.890. The lowest BCUT2D eigenvalue weighted by Crippen LogP contribution is -2.27. The van der Waals surface area contributed by atoms with Gasteiger partial charge >= 0.3 is 0 Å². The number of carbonyl (C=O) groups is 1. The minimum atomic E-state index is 0.0902. The van der Waals surface area contributed by atoms with Gasteiger partial charge in [-0.05, 0) is 24.3 Å². The maximum atomic E-state index is 11.8. The average molecular weight is 321 g/mol. The van der Waals surface area contributed by atoms with Gasteiger partial charge in [-0.15, -0.1) is 22.7 Å². The van der Waals surface area contributed by atoms with Gasteiger partial charge in [0.25, 0.3) is 0 Å². The molecule has 2 aromatic rings. The lowest BCUT2D eigenvalue weighted by molar-refractivity contribution is -0.120. The number of carbonyl (C=O) groups excluding carboxylic acids is 1. The molecule has 6 heteroatoms. The lowest BCUT2D eigenvalue weighted by atomic mass is 10.3. The Morgan fingerprint density at radius 3 is 2.95 bits per heavy atom. The summed E-state index contributed by atoms with van der Waals surface area (Å²) in [5.74, 6) is 0.0902. The van der Waals surface area contributed by atoms with Crippen LogP contribution in [0.25, 0.3) is 0 Å². The topological polar surface area (TPSA) is 45.2 Å². The van der Waals surface area contributed by atoms with Crippen LogP contribution in [-0.2, 0) is 17.6 Å². The normalized spacial score (nSPS) is 14.6. The van der Waals surface area contributed by atoms with Crippen molar-refractivity contribution in [3.05, 3.63) is 33.5 Å². The molecule has 4 nitrogen and oxygen atoms in total. The van der Waals surface area contributed by atoms with E-state index >= 15 is 0 Å². The Hall–Kier alpha value is -1.40. The molecule has 3 rings (SSSR count). The van der Waals surface area contributed by atoms with Gasteiger partial charge in [-0.25, -0.2) is 4.98 Å². The monoisotopic (exact) mass is 321 g/mol. The van der Waals surface area contributed by atoms with E-state index in [4.69, 9.17) is 0 Å². The maximum Gasteiger partial charge on any atom is 0.225 e.